The number of hydrogen-bond donors (Lipinski definition) is 1. The summed E-state index contributed by atoms with van der Waals surface area (Å²) in [6, 6.07) is 6.43. The first-order valence-corrected chi connectivity index (χ1v) is 7.01. The third kappa shape index (κ3) is 4.25. The quantitative estimate of drug-likeness (QED) is 0.656. The number of carboxylic acids is 1. The molecule has 0 radical (unpaired) electrons. The van der Waals surface area contributed by atoms with Gasteiger partial charge in [0.15, 0.2) is 12.4 Å². The second-order valence-electron chi connectivity index (χ2n) is 4.21. The maximum atomic E-state index is 12.1. The first-order chi connectivity index (χ1) is 10.1. The Morgan fingerprint density at radius 3 is 2.90 bits per heavy atom. The number of aliphatic carboxylic acids is 1. The molecule has 0 amide bonds. The van der Waals surface area contributed by atoms with Crippen molar-refractivity contribution in [1.82, 2.24) is 4.98 Å². The van der Waals surface area contributed by atoms with Crippen LogP contribution in [0.3, 0.4) is 0 Å². The molecule has 21 heavy (non-hydrogen) atoms. The molecule has 1 N–H and O–H groups in total. The average Bonchev–Trinajstić information content (AvgIpc) is 2.88. The van der Waals surface area contributed by atoms with E-state index in [0.29, 0.717) is 11.3 Å². The number of carboxylic acid groups (broad SMARTS) is 1. The SMILES string of the molecule is Cc1ncsc1/C=C/C(=O)c1cccc(OCC(=O)O)c1. The highest BCUT2D eigenvalue weighted by atomic mass is 32.1. The third-order valence-corrected chi connectivity index (χ3v) is 3.55. The largest absolute Gasteiger partial charge is 0.482 e. The van der Waals surface area contributed by atoms with Gasteiger partial charge in [0.05, 0.1) is 11.2 Å². The summed E-state index contributed by atoms with van der Waals surface area (Å²) in [6.07, 6.45) is 3.19. The number of hydrogen-bond acceptors (Lipinski definition) is 5. The van der Waals surface area contributed by atoms with Crippen LogP contribution in [0.15, 0.2) is 35.9 Å². The molecule has 0 aliphatic rings. The van der Waals surface area contributed by atoms with Gasteiger partial charge < -0.3 is 9.84 Å². The maximum Gasteiger partial charge on any atom is 0.341 e. The number of rotatable bonds is 6. The zero-order valence-electron chi connectivity index (χ0n) is 11.3. The van der Waals surface area contributed by atoms with Crippen molar-refractivity contribution in [2.24, 2.45) is 0 Å². The summed E-state index contributed by atoms with van der Waals surface area (Å²) in [6.45, 7) is 1.44. The minimum atomic E-state index is -1.06. The molecule has 0 fully saturated rings. The van der Waals surface area contributed by atoms with Gasteiger partial charge in [0, 0.05) is 10.4 Å². The lowest BCUT2D eigenvalue weighted by molar-refractivity contribution is -0.139. The Labute approximate surface area is 125 Å². The number of ether oxygens (including phenoxy) is 1. The molecule has 1 aromatic heterocycles. The molecule has 1 heterocycles. The van der Waals surface area contributed by atoms with Gasteiger partial charge in [-0.05, 0) is 31.2 Å². The third-order valence-electron chi connectivity index (χ3n) is 2.65. The van der Waals surface area contributed by atoms with Crippen molar-refractivity contribution in [3.63, 3.8) is 0 Å². The minimum absolute atomic E-state index is 0.177. The molecular formula is C15H13NO4S. The lowest BCUT2D eigenvalue weighted by Crippen LogP contribution is -2.09. The van der Waals surface area contributed by atoms with Crippen molar-refractivity contribution in [2.75, 3.05) is 6.61 Å². The molecule has 2 aromatic rings. The fourth-order valence-electron chi connectivity index (χ4n) is 1.60. The fourth-order valence-corrected chi connectivity index (χ4v) is 2.30. The summed E-state index contributed by atoms with van der Waals surface area (Å²) in [5.41, 5.74) is 3.04. The molecule has 1 aromatic carbocycles. The Kier molecular flexibility index (Phi) is 4.84. The predicted molar refractivity (Wildman–Crippen MR) is 79.8 cm³/mol. The number of benzene rings is 1. The van der Waals surface area contributed by atoms with E-state index in [4.69, 9.17) is 9.84 Å². The van der Waals surface area contributed by atoms with E-state index in [9.17, 15) is 9.59 Å². The normalized spacial score (nSPS) is 10.7. The molecule has 0 aliphatic heterocycles. The van der Waals surface area contributed by atoms with Crippen LogP contribution in [0.25, 0.3) is 6.08 Å². The summed E-state index contributed by atoms with van der Waals surface area (Å²) < 4.78 is 5.04. The summed E-state index contributed by atoms with van der Waals surface area (Å²) in [4.78, 5) is 27.6. The van der Waals surface area contributed by atoms with Gasteiger partial charge in [0.2, 0.25) is 0 Å². The second kappa shape index (κ2) is 6.81. The molecule has 6 heteroatoms. The van der Waals surface area contributed by atoms with Crippen molar-refractivity contribution in [2.45, 2.75) is 6.92 Å². The molecule has 108 valence electrons. The molecular weight excluding hydrogens is 290 g/mol. The van der Waals surface area contributed by atoms with Gasteiger partial charge in [-0.15, -0.1) is 11.3 Å². The molecule has 0 saturated heterocycles. The molecule has 0 aliphatic carbocycles. The van der Waals surface area contributed by atoms with Crippen LogP contribution in [0.1, 0.15) is 20.9 Å². The van der Waals surface area contributed by atoms with Crippen LogP contribution in [0.4, 0.5) is 0 Å². The van der Waals surface area contributed by atoms with Crippen LogP contribution in [-0.2, 0) is 4.79 Å². The second-order valence-corrected chi connectivity index (χ2v) is 5.10. The molecule has 0 atom stereocenters. The topological polar surface area (TPSA) is 76.5 Å². The van der Waals surface area contributed by atoms with E-state index in [0.717, 1.165) is 10.6 Å². The van der Waals surface area contributed by atoms with Crippen LogP contribution in [-0.4, -0.2) is 28.4 Å². The molecule has 0 spiro atoms. The molecule has 0 unspecified atom stereocenters. The Morgan fingerprint density at radius 1 is 1.43 bits per heavy atom. The highest BCUT2D eigenvalue weighted by Gasteiger charge is 2.06. The van der Waals surface area contributed by atoms with Gasteiger partial charge in [0.25, 0.3) is 0 Å². The zero-order chi connectivity index (χ0) is 15.2. The molecule has 5 nitrogen and oxygen atoms in total. The Balaban J connectivity index is 2.09. The molecule has 0 saturated carbocycles. The Morgan fingerprint density at radius 2 is 2.24 bits per heavy atom. The van der Waals surface area contributed by atoms with Gasteiger partial charge in [-0.25, -0.2) is 9.78 Å². The highest BCUT2D eigenvalue weighted by Crippen LogP contribution is 2.17. The monoisotopic (exact) mass is 303 g/mol. The van der Waals surface area contributed by atoms with E-state index in [1.807, 2.05) is 6.92 Å². The van der Waals surface area contributed by atoms with Gasteiger partial charge in [-0.1, -0.05) is 12.1 Å². The van der Waals surface area contributed by atoms with E-state index in [1.54, 1.807) is 29.8 Å². The summed E-state index contributed by atoms with van der Waals surface area (Å²) in [5.74, 6) is -0.888. The van der Waals surface area contributed by atoms with E-state index >= 15 is 0 Å². The van der Waals surface area contributed by atoms with E-state index in [-0.39, 0.29) is 5.78 Å². The maximum absolute atomic E-state index is 12.1. The number of carbonyl (C=O) groups is 2. The van der Waals surface area contributed by atoms with Gasteiger partial charge in [-0.2, -0.15) is 0 Å². The van der Waals surface area contributed by atoms with E-state index in [2.05, 4.69) is 4.98 Å². The molecule has 0 bridgehead atoms. The highest BCUT2D eigenvalue weighted by molar-refractivity contribution is 7.10. The summed E-state index contributed by atoms with van der Waals surface area (Å²) in [5, 5.41) is 8.56. The first kappa shape index (κ1) is 14.9. The smallest absolute Gasteiger partial charge is 0.341 e. The lowest BCUT2D eigenvalue weighted by atomic mass is 10.1. The standard InChI is InChI=1S/C15H13NO4S/c1-10-14(21-9-16-10)6-5-13(17)11-3-2-4-12(7-11)20-8-15(18)19/h2-7,9H,8H2,1H3,(H,18,19)/b6-5+. The fraction of sp³-hybridized carbons (Fsp3) is 0.133. The van der Waals surface area contributed by atoms with Gasteiger partial charge in [-0.3, -0.25) is 4.79 Å². The van der Waals surface area contributed by atoms with Gasteiger partial charge >= 0.3 is 5.97 Å². The average molecular weight is 303 g/mol. The zero-order valence-corrected chi connectivity index (χ0v) is 12.1. The minimum Gasteiger partial charge on any atom is -0.482 e. The number of thiazole rings is 1. The molecule has 2 rings (SSSR count). The number of nitrogens with zero attached hydrogens (tertiary/aromatic N) is 1. The van der Waals surface area contributed by atoms with Crippen molar-refractivity contribution < 1.29 is 19.4 Å². The van der Waals surface area contributed by atoms with Crippen LogP contribution in [0.2, 0.25) is 0 Å². The van der Waals surface area contributed by atoms with Gasteiger partial charge in [0.1, 0.15) is 5.75 Å². The lowest BCUT2D eigenvalue weighted by Gasteiger charge is -2.04. The number of aryl methyl sites for hydroxylation is 1. The van der Waals surface area contributed by atoms with Crippen LogP contribution < -0.4 is 4.74 Å². The number of ketones is 1. The van der Waals surface area contributed by atoms with Crippen molar-refractivity contribution in [3.05, 3.63) is 52.0 Å². The Bertz CT molecular complexity index is 690. The number of aromatic nitrogens is 1. The van der Waals surface area contributed by atoms with Crippen LogP contribution in [0.5, 0.6) is 5.75 Å². The van der Waals surface area contributed by atoms with Crippen LogP contribution in [0, 0.1) is 6.92 Å². The van der Waals surface area contributed by atoms with Crippen LogP contribution >= 0.6 is 11.3 Å². The summed E-state index contributed by atoms with van der Waals surface area (Å²) in [7, 11) is 0. The van der Waals surface area contributed by atoms with Crippen molar-refractivity contribution >= 4 is 29.2 Å². The number of carbonyl (C=O) groups excluding carboxylic acids is 1. The van der Waals surface area contributed by atoms with Crippen molar-refractivity contribution in [1.29, 1.82) is 0 Å². The number of allylic oxidation sites excluding steroid dienone is 1. The van der Waals surface area contributed by atoms with Crippen molar-refractivity contribution in [3.8, 4) is 5.75 Å². The Hall–Kier alpha value is -2.47. The first-order valence-electron chi connectivity index (χ1n) is 6.13. The van der Waals surface area contributed by atoms with E-state index in [1.165, 1.54) is 23.5 Å². The van der Waals surface area contributed by atoms with E-state index < -0.39 is 12.6 Å². The summed E-state index contributed by atoms with van der Waals surface area (Å²) >= 11 is 1.46. The predicted octanol–water partition coefficient (Wildman–Crippen LogP) is 2.81.